The Hall–Kier alpha value is -3.04. The molecular weight excluding hydrogens is 354 g/mol. The average Bonchev–Trinajstić information content (AvgIpc) is 3.21. The van der Waals surface area contributed by atoms with Crippen LogP contribution < -0.4 is 9.64 Å². The van der Waals surface area contributed by atoms with Gasteiger partial charge in [-0.25, -0.2) is 0 Å². The standard InChI is InChI=1S/C22H23N3O3/c1-22(2)21(26)20(17-12-15(13-23)8-9-18(17)28-22)25(14-19-24-10-11-27-19)16-6-4-3-5-7-16/h3-9,12,20-21,26H,10-11,14H2,1-2H3/t20-,21+/m0/s1. The van der Waals surface area contributed by atoms with Crippen LogP contribution in [0.15, 0.2) is 53.5 Å². The number of ether oxygens (including phenoxy) is 2. The first-order valence-corrected chi connectivity index (χ1v) is 9.38. The first-order valence-electron chi connectivity index (χ1n) is 9.38. The first kappa shape index (κ1) is 18.3. The fourth-order valence-corrected chi connectivity index (χ4v) is 3.76. The van der Waals surface area contributed by atoms with Crippen LogP contribution in [0.3, 0.4) is 0 Å². The van der Waals surface area contributed by atoms with Gasteiger partial charge in [0.05, 0.1) is 30.8 Å². The number of para-hydroxylation sites is 1. The highest BCUT2D eigenvalue weighted by molar-refractivity contribution is 5.83. The van der Waals surface area contributed by atoms with Gasteiger partial charge >= 0.3 is 0 Å². The van der Waals surface area contributed by atoms with Gasteiger partial charge in [-0.2, -0.15) is 5.26 Å². The molecule has 1 N–H and O–H groups in total. The second-order valence-electron chi connectivity index (χ2n) is 7.55. The number of benzene rings is 2. The van der Waals surface area contributed by atoms with Gasteiger partial charge in [0.25, 0.3) is 0 Å². The zero-order chi connectivity index (χ0) is 19.7. The Morgan fingerprint density at radius 1 is 1.25 bits per heavy atom. The number of hydrogen-bond acceptors (Lipinski definition) is 6. The molecule has 4 rings (SSSR count). The number of hydrogen-bond donors (Lipinski definition) is 1. The van der Waals surface area contributed by atoms with Crippen LogP contribution in [0.2, 0.25) is 0 Å². The third kappa shape index (κ3) is 3.30. The maximum absolute atomic E-state index is 11.3. The summed E-state index contributed by atoms with van der Waals surface area (Å²) in [5, 5.41) is 20.7. The minimum atomic E-state index is -0.823. The van der Waals surface area contributed by atoms with Crippen molar-refractivity contribution in [3.63, 3.8) is 0 Å². The number of rotatable bonds is 4. The van der Waals surface area contributed by atoms with Crippen LogP contribution in [0.4, 0.5) is 5.69 Å². The predicted octanol–water partition coefficient (Wildman–Crippen LogP) is 3.07. The SMILES string of the molecule is CC1(C)Oc2ccc(C#N)cc2[C@H](N(CC2=NCCO2)c2ccccc2)[C@H]1O. The Labute approximate surface area is 164 Å². The monoisotopic (exact) mass is 377 g/mol. The van der Waals surface area contributed by atoms with Gasteiger partial charge in [-0.05, 0) is 44.2 Å². The van der Waals surface area contributed by atoms with Crippen LogP contribution in [0.1, 0.15) is 31.0 Å². The van der Waals surface area contributed by atoms with Gasteiger partial charge < -0.3 is 19.5 Å². The zero-order valence-electron chi connectivity index (χ0n) is 16.0. The summed E-state index contributed by atoms with van der Waals surface area (Å²) in [5.74, 6) is 1.33. The van der Waals surface area contributed by atoms with E-state index in [1.54, 1.807) is 18.2 Å². The normalized spacial score (nSPS) is 22.3. The predicted molar refractivity (Wildman–Crippen MR) is 107 cm³/mol. The number of aliphatic hydroxyl groups excluding tert-OH is 1. The van der Waals surface area contributed by atoms with Crippen LogP contribution in [0, 0.1) is 11.3 Å². The molecule has 6 nitrogen and oxygen atoms in total. The molecule has 2 aliphatic rings. The van der Waals surface area contributed by atoms with E-state index in [0.29, 0.717) is 36.9 Å². The molecule has 0 fully saturated rings. The summed E-state index contributed by atoms with van der Waals surface area (Å²) >= 11 is 0. The van der Waals surface area contributed by atoms with Crippen molar-refractivity contribution in [3.05, 3.63) is 59.7 Å². The fraction of sp³-hybridized carbons (Fsp3) is 0.364. The number of aliphatic hydroxyl groups is 1. The minimum absolute atomic E-state index is 0.415. The average molecular weight is 377 g/mol. The minimum Gasteiger partial charge on any atom is -0.485 e. The molecule has 0 saturated heterocycles. The number of nitrogens with zero attached hydrogens (tertiary/aromatic N) is 3. The number of anilines is 1. The van der Waals surface area contributed by atoms with E-state index in [-0.39, 0.29) is 0 Å². The van der Waals surface area contributed by atoms with Crippen LogP contribution in [-0.4, -0.2) is 42.4 Å². The van der Waals surface area contributed by atoms with Crippen LogP contribution in [-0.2, 0) is 4.74 Å². The van der Waals surface area contributed by atoms with E-state index in [1.165, 1.54) is 0 Å². The zero-order valence-corrected chi connectivity index (χ0v) is 16.0. The van der Waals surface area contributed by atoms with Crippen molar-refractivity contribution in [2.24, 2.45) is 4.99 Å². The summed E-state index contributed by atoms with van der Waals surface area (Å²) in [6, 6.07) is 17.0. The molecule has 0 spiro atoms. The van der Waals surface area contributed by atoms with E-state index in [4.69, 9.17) is 9.47 Å². The van der Waals surface area contributed by atoms with Crippen molar-refractivity contribution >= 4 is 11.6 Å². The molecule has 2 aliphatic heterocycles. The number of fused-ring (bicyclic) bond motifs is 1. The molecule has 2 atom stereocenters. The number of aliphatic imine (C=N–C) groups is 1. The molecule has 0 radical (unpaired) electrons. The van der Waals surface area contributed by atoms with Gasteiger partial charge in [0, 0.05) is 11.3 Å². The van der Waals surface area contributed by atoms with Gasteiger partial charge in [0.1, 0.15) is 24.1 Å². The molecule has 0 amide bonds. The van der Waals surface area contributed by atoms with Gasteiger partial charge in [-0.1, -0.05) is 18.2 Å². The van der Waals surface area contributed by atoms with Crippen LogP contribution in [0.25, 0.3) is 0 Å². The lowest BCUT2D eigenvalue weighted by Gasteiger charge is -2.47. The van der Waals surface area contributed by atoms with Gasteiger partial charge in [0.2, 0.25) is 5.90 Å². The van der Waals surface area contributed by atoms with Crippen molar-refractivity contribution in [1.29, 1.82) is 5.26 Å². The third-order valence-electron chi connectivity index (χ3n) is 5.22. The molecule has 0 aliphatic carbocycles. The summed E-state index contributed by atoms with van der Waals surface area (Å²) in [7, 11) is 0. The Balaban J connectivity index is 1.85. The molecule has 0 saturated carbocycles. The lowest BCUT2D eigenvalue weighted by molar-refractivity contribution is -0.0583. The van der Waals surface area contributed by atoms with Gasteiger partial charge in [-0.3, -0.25) is 4.99 Å². The Morgan fingerprint density at radius 3 is 2.71 bits per heavy atom. The molecule has 2 aromatic rings. The second-order valence-corrected chi connectivity index (χ2v) is 7.55. The van der Waals surface area contributed by atoms with E-state index in [9.17, 15) is 10.4 Å². The highest BCUT2D eigenvalue weighted by atomic mass is 16.5. The summed E-state index contributed by atoms with van der Waals surface area (Å²) in [6.07, 6.45) is -0.823. The van der Waals surface area contributed by atoms with Crippen LogP contribution >= 0.6 is 0 Å². The Kier molecular flexibility index (Phi) is 4.70. The maximum atomic E-state index is 11.3. The quantitative estimate of drug-likeness (QED) is 0.886. The summed E-state index contributed by atoms with van der Waals surface area (Å²) in [6.45, 7) is 5.40. The van der Waals surface area contributed by atoms with E-state index in [1.807, 2.05) is 44.2 Å². The molecule has 0 unspecified atom stereocenters. The lowest BCUT2D eigenvalue weighted by Crippen LogP contribution is -2.54. The first-order chi connectivity index (χ1) is 13.5. The highest BCUT2D eigenvalue weighted by Gasteiger charge is 2.46. The molecule has 0 aromatic heterocycles. The molecule has 0 bridgehead atoms. The maximum Gasteiger partial charge on any atom is 0.203 e. The molecule has 2 heterocycles. The van der Waals surface area contributed by atoms with Gasteiger partial charge in [0.15, 0.2) is 0 Å². The van der Waals surface area contributed by atoms with E-state index in [2.05, 4.69) is 16.0 Å². The second kappa shape index (κ2) is 7.17. The third-order valence-corrected chi connectivity index (χ3v) is 5.22. The van der Waals surface area contributed by atoms with E-state index in [0.717, 1.165) is 11.3 Å². The van der Waals surface area contributed by atoms with E-state index < -0.39 is 17.7 Å². The van der Waals surface area contributed by atoms with Gasteiger partial charge in [-0.15, -0.1) is 0 Å². The molecule has 6 heteroatoms. The topological polar surface area (TPSA) is 78.1 Å². The molecule has 144 valence electrons. The summed E-state index contributed by atoms with van der Waals surface area (Å²) in [5.41, 5.74) is 1.46. The highest BCUT2D eigenvalue weighted by Crippen LogP contribution is 2.44. The summed E-state index contributed by atoms with van der Waals surface area (Å²) in [4.78, 5) is 6.52. The van der Waals surface area contributed by atoms with Crippen molar-refractivity contribution in [3.8, 4) is 11.8 Å². The van der Waals surface area contributed by atoms with E-state index >= 15 is 0 Å². The van der Waals surface area contributed by atoms with Crippen molar-refractivity contribution in [2.75, 3.05) is 24.6 Å². The Morgan fingerprint density at radius 2 is 2.04 bits per heavy atom. The molecular formula is C22H23N3O3. The smallest absolute Gasteiger partial charge is 0.203 e. The fourth-order valence-electron chi connectivity index (χ4n) is 3.76. The van der Waals surface area contributed by atoms with Crippen molar-refractivity contribution in [1.82, 2.24) is 0 Å². The largest absolute Gasteiger partial charge is 0.485 e. The van der Waals surface area contributed by atoms with Crippen molar-refractivity contribution < 1.29 is 14.6 Å². The number of nitriles is 1. The summed E-state index contributed by atoms with van der Waals surface area (Å²) < 4.78 is 11.7. The van der Waals surface area contributed by atoms with Crippen molar-refractivity contribution in [2.45, 2.75) is 31.6 Å². The molecule has 28 heavy (non-hydrogen) atoms. The molecule has 2 aromatic carbocycles. The Bertz CT molecular complexity index is 934. The lowest BCUT2D eigenvalue weighted by atomic mass is 9.84. The van der Waals surface area contributed by atoms with Crippen LogP contribution in [0.5, 0.6) is 5.75 Å².